The number of carbonyl (C=O) groups excluding carboxylic acids is 2. The number of H-pyrrole nitrogens is 1. The molecular weight excluding hydrogens is 420 g/mol. The number of nitrogens with zero attached hydrogens (tertiary/aromatic N) is 1. The first kappa shape index (κ1) is 23.7. The number of carbonyl (C=O) groups is 2. The van der Waals surface area contributed by atoms with Crippen LogP contribution in [0.4, 0.5) is 10.5 Å². The minimum Gasteiger partial charge on any atom is -0.465 e. The highest BCUT2D eigenvalue weighted by atomic mass is 16.6. The maximum Gasteiger partial charge on any atom is 0.407 e. The van der Waals surface area contributed by atoms with E-state index in [1.54, 1.807) is 45.0 Å². The first-order chi connectivity index (χ1) is 15.7. The Hall–Kier alpha value is -3.99. The number of para-hydroxylation sites is 1. The first-order valence-electron chi connectivity index (χ1n) is 10.6. The number of fused-ring (bicyclic) bond motifs is 1. The van der Waals surface area contributed by atoms with Crippen LogP contribution in [-0.4, -0.2) is 41.8 Å². The summed E-state index contributed by atoms with van der Waals surface area (Å²) in [6, 6.07) is 15.3. The Balaban J connectivity index is 1.84. The molecule has 0 aliphatic rings. The van der Waals surface area contributed by atoms with Gasteiger partial charge in [0.1, 0.15) is 11.6 Å². The highest BCUT2D eigenvalue weighted by molar-refractivity contribution is 5.89. The van der Waals surface area contributed by atoms with Crippen LogP contribution in [0.3, 0.4) is 0 Å². The number of benzene rings is 2. The molecule has 0 saturated heterocycles. The Kier molecular flexibility index (Phi) is 7.23. The average Bonchev–Trinajstić information content (AvgIpc) is 3.18. The van der Waals surface area contributed by atoms with Gasteiger partial charge in [-0.05, 0) is 63.1 Å². The molecule has 0 aliphatic carbocycles. The fraction of sp³-hybridized carbons (Fsp3) is 0.320. The number of amides is 1. The van der Waals surface area contributed by atoms with E-state index in [0.717, 1.165) is 16.5 Å². The summed E-state index contributed by atoms with van der Waals surface area (Å²) in [5, 5.41) is 17.0. The van der Waals surface area contributed by atoms with Gasteiger partial charge in [-0.3, -0.25) is 0 Å². The third kappa shape index (κ3) is 6.26. The summed E-state index contributed by atoms with van der Waals surface area (Å²) >= 11 is 0. The Morgan fingerprint density at radius 3 is 2.45 bits per heavy atom. The zero-order chi connectivity index (χ0) is 24.0. The highest BCUT2D eigenvalue weighted by Gasteiger charge is 2.27. The molecule has 172 valence electrons. The van der Waals surface area contributed by atoms with Crippen molar-refractivity contribution >= 4 is 28.7 Å². The van der Waals surface area contributed by atoms with Crippen molar-refractivity contribution in [3.8, 4) is 6.07 Å². The Labute approximate surface area is 192 Å². The lowest BCUT2D eigenvalue weighted by atomic mass is 9.99. The molecule has 2 aromatic carbocycles. The van der Waals surface area contributed by atoms with Gasteiger partial charge in [-0.2, -0.15) is 5.26 Å². The smallest absolute Gasteiger partial charge is 0.407 e. The lowest BCUT2D eigenvalue weighted by Gasteiger charge is -2.27. The molecule has 2 unspecified atom stereocenters. The van der Waals surface area contributed by atoms with Gasteiger partial charge in [0.25, 0.3) is 0 Å². The summed E-state index contributed by atoms with van der Waals surface area (Å²) in [6.45, 7) is 5.35. The molecule has 33 heavy (non-hydrogen) atoms. The van der Waals surface area contributed by atoms with Crippen LogP contribution in [0.25, 0.3) is 10.9 Å². The van der Waals surface area contributed by atoms with Gasteiger partial charge in [-0.25, -0.2) is 9.59 Å². The van der Waals surface area contributed by atoms with E-state index in [1.807, 2.05) is 30.5 Å². The van der Waals surface area contributed by atoms with Crippen LogP contribution < -0.4 is 10.6 Å². The van der Waals surface area contributed by atoms with Crippen molar-refractivity contribution in [2.45, 2.75) is 44.9 Å². The predicted octanol–water partition coefficient (Wildman–Crippen LogP) is 4.39. The van der Waals surface area contributed by atoms with Gasteiger partial charge in [0.05, 0.1) is 24.8 Å². The minimum absolute atomic E-state index is 0.398. The molecule has 0 bridgehead atoms. The van der Waals surface area contributed by atoms with Crippen LogP contribution in [0.5, 0.6) is 0 Å². The van der Waals surface area contributed by atoms with E-state index in [-0.39, 0.29) is 0 Å². The number of ether oxygens (including phenoxy) is 2. The normalized spacial score (nSPS) is 12.9. The number of esters is 1. The van der Waals surface area contributed by atoms with E-state index in [1.165, 1.54) is 7.11 Å². The largest absolute Gasteiger partial charge is 0.465 e. The number of rotatable bonds is 7. The van der Waals surface area contributed by atoms with Gasteiger partial charge < -0.3 is 25.1 Å². The highest BCUT2D eigenvalue weighted by Crippen LogP contribution is 2.21. The lowest BCUT2D eigenvalue weighted by Crippen LogP contribution is -2.49. The molecule has 8 nitrogen and oxygen atoms in total. The monoisotopic (exact) mass is 448 g/mol. The number of alkyl carbamates (subject to hydrolysis) is 1. The number of aromatic nitrogens is 1. The van der Waals surface area contributed by atoms with Crippen molar-refractivity contribution in [3.63, 3.8) is 0 Å². The molecule has 0 fully saturated rings. The average molecular weight is 449 g/mol. The molecule has 0 spiro atoms. The third-order valence-electron chi connectivity index (χ3n) is 4.99. The van der Waals surface area contributed by atoms with Crippen LogP contribution >= 0.6 is 0 Å². The summed E-state index contributed by atoms with van der Waals surface area (Å²) in [5.74, 6) is -0.442. The molecule has 3 rings (SSSR count). The zero-order valence-corrected chi connectivity index (χ0v) is 19.1. The first-order valence-corrected chi connectivity index (χ1v) is 10.6. The van der Waals surface area contributed by atoms with Crippen molar-refractivity contribution < 1.29 is 19.1 Å². The number of hydrogen-bond donors (Lipinski definition) is 3. The predicted molar refractivity (Wildman–Crippen MR) is 126 cm³/mol. The van der Waals surface area contributed by atoms with E-state index in [4.69, 9.17) is 9.47 Å². The van der Waals surface area contributed by atoms with Crippen LogP contribution in [-0.2, 0) is 15.9 Å². The Bertz CT molecular complexity index is 1160. The van der Waals surface area contributed by atoms with Gasteiger partial charge in [0.15, 0.2) is 0 Å². The molecule has 0 saturated carbocycles. The Morgan fingerprint density at radius 2 is 1.82 bits per heavy atom. The molecule has 8 heteroatoms. The fourth-order valence-corrected chi connectivity index (χ4v) is 3.47. The Morgan fingerprint density at radius 1 is 1.12 bits per heavy atom. The second-order valence-electron chi connectivity index (χ2n) is 8.64. The number of methoxy groups -OCH3 is 1. The van der Waals surface area contributed by atoms with E-state index >= 15 is 0 Å². The molecule has 0 aliphatic heterocycles. The van der Waals surface area contributed by atoms with Gasteiger partial charge in [0, 0.05) is 22.8 Å². The van der Waals surface area contributed by atoms with Crippen molar-refractivity contribution in [3.05, 3.63) is 65.9 Å². The number of nitriles is 1. The molecule has 1 aromatic heterocycles. The molecule has 1 amide bonds. The fourth-order valence-electron chi connectivity index (χ4n) is 3.47. The van der Waals surface area contributed by atoms with Gasteiger partial charge in [-0.15, -0.1) is 0 Å². The maximum absolute atomic E-state index is 12.6. The minimum atomic E-state index is -0.768. The topological polar surface area (TPSA) is 116 Å². The van der Waals surface area contributed by atoms with Crippen LogP contribution in [0.15, 0.2) is 54.7 Å². The van der Waals surface area contributed by atoms with Gasteiger partial charge >= 0.3 is 12.1 Å². The number of anilines is 1. The molecule has 0 radical (unpaired) electrons. The standard InChI is InChI=1S/C25H28N4O4/c1-25(2,3)33-24(31)29-21(13-17-15-27-20-8-6-5-7-19(17)20)22(14-26)28-18-11-9-16(10-12-18)23(30)32-4/h5-12,15,21-22,27-28H,13H2,1-4H3,(H,29,31). The SMILES string of the molecule is COC(=O)c1ccc(NC(C#N)C(Cc2c[nH]c3ccccc23)NC(=O)OC(C)(C)C)cc1. The molecule has 3 aromatic rings. The second kappa shape index (κ2) is 10.1. The van der Waals surface area contributed by atoms with E-state index in [9.17, 15) is 14.9 Å². The van der Waals surface area contributed by atoms with Crippen molar-refractivity contribution in [2.75, 3.05) is 12.4 Å². The third-order valence-corrected chi connectivity index (χ3v) is 4.99. The van der Waals surface area contributed by atoms with Crippen molar-refractivity contribution in [1.29, 1.82) is 5.26 Å². The van der Waals surface area contributed by atoms with Crippen LogP contribution in [0, 0.1) is 11.3 Å². The molecular formula is C25H28N4O4. The van der Waals surface area contributed by atoms with Crippen molar-refractivity contribution in [2.24, 2.45) is 0 Å². The van der Waals surface area contributed by atoms with Gasteiger partial charge in [0.2, 0.25) is 0 Å². The quantitative estimate of drug-likeness (QED) is 0.462. The van der Waals surface area contributed by atoms with Crippen molar-refractivity contribution in [1.82, 2.24) is 10.3 Å². The van der Waals surface area contributed by atoms with Gasteiger partial charge in [-0.1, -0.05) is 18.2 Å². The number of hydrogen-bond acceptors (Lipinski definition) is 6. The van der Waals surface area contributed by atoms with E-state index in [2.05, 4.69) is 21.7 Å². The molecule has 1 heterocycles. The molecule has 2 atom stereocenters. The summed E-state index contributed by atoms with van der Waals surface area (Å²) < 4.78 is 10.1. The molecule has 3 N–H and O–H groups in total. The van der Waals surface area contributed by atoms with E-state index in [0.29, 0.717) is 17.7 Å². The summed E-state index contributed by atoms with van der Waals surface area (Å²) in [4.78, 5) is 27.5. The van der Waals surface area contributed by atoms with Crippen LogP contribution in [0.1, 0.15) is 36.7 Å². The van der Waals surface area contributed by atoms with Crippen LogP contribution in [0.2, 0.25) is 0 Å². The summed E-state index contributed by atoms with van der Waals surface area (Å²) in [6.07, 6.45) is 1.68. The summed E-state index contributed by atoms with van der Waals surface area (Å²) in [5.41, 5.74) is 2.30. The summed E-state index contributed by atoms with van der Waals surface area (Å²) in [7, 11) is 1.32. The van der Waals surface area contributed by atoms with E-state index < -0.39 is 29.7 Å². The lowest BCUT2D eigenvalue weighted by molar-refractivity contribution is 0.0501. The maximum atomic E-state index is 12.6. The zero-order valence-electron chi connectivity index (χ0n) is 19.1. The number of aromatic amines is 1. The second-order valence-corrected chi connectivity index (χ2v) is 8.64. The number of nitrogens with one attached hydrogen (secondary N) is 3.